The molecule has 0 saturated carbocycles. The molecule has 0 unspecified atom stereocenters. The predicted octanol–water partition coefficient (Wildman–Crippen LogP) is 21.7. The number of aryl methyl sites for hydroxylation is 3. The van der Waals surface area contributed by atoms with Crippen LogP contribution in [0.3, 0.4) is 0 Å². The van der Waals surface area contributed by atoms with Gasteiger partial charge in [0.15, 0.2) is 0 Å². The molecule has 0 bridgehead atoms. The van der Waals surface area contributed by atoms with Gasteiger partial charge in [-0.15, -0.1) is 0 Å². The van der Waals surface area contributed by atoms with Crippen LogP contribution in [-0.2, 0) is 96.6 Å². The molecule has 0 radical (unpaired) electrons. The monoisotopic (exact) mass is 2580 g/mol. The van der Waals surface area contributed by atoms with Gasteiger partial charge < -0.3 is 93.5 Å². The van der Waals surface area contributed by atoms with Crippen LogP contribution in [0.15, 0.2) is 218 Å². The zero-order valence-electron chi connectivity index (χ0n) is 84.1. The van der Waals surface area contributed by atoms with Gasteiger partial charge in [0, 0.05) is 145 Å². The number of nitrogens with zero attached hydrogens (tertiary/aromatic N) is 1. The van der Waals surface area contributed by atoms with Crippen LogP contribution in [0.5, 0.6) is 0 Å². The highest BCUT2D eigenvalue weighted by atomic mass is 79.9. The second-order valence-electron chi connectivity index (χ2n) is 37.2. The molecule has 0 spiro atoms. The van der Waals surface area contributed by atoms with E-state index in [1.807, 2.05) is 60.7 Å². The number of nitrogens with two attached hydrogens (primary N) is 2. The molecule has 0 aliphatic rings. The number of halogens is 18. The number of ether oxygens (including phenoxy) is 2. The van der Waals surface area contributed by atoms with E-state index in [-0.39, 0.29) is 76.6 Å². The topological polar surface area (TPSA) is 348 Å². The lowest BCUT2D eigenvalue weighted by Crippen LogP contribution is -2.51. The van der Waals surface area contributed by atoms with Crippen molar-refractivity contribution >= 4 is 158 Å². The van der Waals surface area contributed by atoms with Crippen molar-refractivity contribution in [3.63, 3.8) is 0 Å². The van der Waals surface area contributed by atoms with Crippen LogP contribution in [0.2, 0.25) is 6.82 Å². The average molecular weight is 2590 g/mol. The molecule has 22 nitrogen and oxygen atoms in total. The van der Waals surface area contributed by atoms with Crippen molar-refractivity contribution in [3.05, 3.63) is 343 Å². The second kappa shape index (κ2) is 66.5. The van der Waals surface area contributed by atoms with E-state index < -0.39 is 149 Å². The standard InChI is InChI=1S/C26H37BF2N2O3.C22H26Br2F2N2O3.C19H20Br2F2N2O2.C17H18Br2F2N2O.C15H22F2N2O3.C8H8Br2/c1-5-7-21-10-9-19(11-22(21)8-6-2)16-31(27(4)34)17-26(33)25(30-18(3)32)14-20-12-23(28)15-24(29)13-20;1-22(2,3)31-21(30)28-19(9-14-6-15(25)10-16(26)7-14)20(29)12-27-11-13-4-5-17(23)18(24)8-13;1-11(26)25-18(7-13-4-14(22)8-15(23)5-13)19(27)10-24-9-12-2-3-16(20)17(21)6-12;18-14-2-1-10(5-15(14)19)8-23-9-17(24)16(22)6-11-3-12(20)7-13(21)4-11;1-15(2,3)22-14(21)19-12(13(20)8-18)6-9-4-10(16)7-11(17)5-9;1-2-6-3-4-7(9)8(10)5-6/h9-13,15,25-26,33-34H,5-8,14,16-17H2,1-4H3,(H,30,32);4-8,10,19-20,27,29H,9,11-12H2,1-3H3,(H,28,30);2-6,8,18-19,24,27H,7,9-10H2,1H3,(H,25,26);1-5,7,16-17,23-24H,6,8-9,22H2;4-5,7,12-13,20H,6,8,18H2,1-3H3,(H,19,21);3-5H,2H2,1H3/t25-,26+;19-,20+;18-,19+;16-,17+;12-,13+;/m00000./s1. The minimum Gasteiger partial charge on any atom is -0.444 e. The van der Waals surface area contributed by atoms with E-state index in [0.29, 0.717) is 54.0 Å². The molecule has 10 aromatic rings. The molecule has 0 aliphatic heterocycles. The number of hydrogen-bond acceptors (Lipinski definition) is 18. The van der Waals surface area contributed by atoms with Gasteiger partial charge in [-0.25, -0.2) is 53.5 Å². The first-order chi connectivity index (χ1) is 69.5. The van der Waals surface area contributed by atoms with Gasteiger partial charge in [0.2, 0.25) is 11.8 Å². The zero-order valence-corrected chi connectivity index (χ0v) is 96.8. The Morgan fingerprint density at radius 2 is 0.635 bits per heavy atom. The minimum atomic E-state index is -1.07. The summed E-state index contributed by atoms with van der Waals surface area (Å²) in [6.45, 7) is 23.6. The lowest BCUT2D eigenvalue weighted by atomic mass is 9.83. The molecule has 17 N–H and O–H groups in total. The quantitative estimate of drug-likeness (QED) is 0.0125. The fraction of sp³-hybridized carbons (Fsp3) is 0.402. The van der Waals surface area contributed by atoms with E-state index in [4.69, 9.17) is 20.9 Å². The minimum absolute atomic E-state index is 0.0201. The van der Waals surface area contributed by atoms with Crippen LogP contribution < -0.4 is 48.7 Å². The van der Waals surface area contributed by atoms with E-state index in [1.54, 1.807) is 53.2 Å². The van der Waals surface area contributed by atoms with Gasteiger partial charge >= 0.3 is 19.2 Å². The third-order valence-electron chi connectivity index (χ3n) is 21.7. The number of nitrogens with one attached hydrogen (secondary N) is 7. The van der Waals surface area contributed by atoms with E-state index in [9.17, 15) is 93.6 Å². The molecule has 0 saturated heterocycles. The molecule has 10 rings (SSSR count). The molecule has 10 atom stereocenters. The van der Waals surface area contributed by atoms with Crippen molar-refractivity contribution in [2.24, 2.45) is 11.5 Å². The summed E-state index contributed by atoms with van der Waals surface area (Å²) < 4.78 is 152. The van der Waals surface area contributed by atoms with Gasteiger partial charge in [0.05, 0.1) is 54.7 Å². The maximum atomic E-state index is 13.6. The van der Waals surface area contributed by atoms with Gasteiger partial charge in [-0.3, -0.25) is 9.59 Å². The normalized spacial score (nSPS) is 13.3. The van der Waals surface area contributed by atoms with Crippen molar-refractivity contribution in [1.29, 1.82) is 0 Å². The van der Waals surface area contributed by atoms with Gasteiger partial charge in [-0.1, -0.05) is 76.1 Å². The molecular formula is C107H131BBr8F10N10O12. The van der Waals surface area contributed by atoms with Crippen LogP contribution in [-0.4, -0.2) is 171 Å². The molecule has 810 valence electrons. The van der Waals surface area contributed by atoms with Crippen molar-refractivity contribution in [2.45, 2.75) is 245 Å². The number of carbonyl (C=O) groups is 4. The summed E-state index contributed by atoms with van der Waals surface area (Å²) >= 11 is 27.4. The molecule has 0 fully saturated rings. The summed E-state index contributed by atoms with van der Waals surface area (Å²) in [7, 11) is -0.843. The highest BCUT2D eigenvalue weighted by molar-refractivity contribution is 9.14. The Bertz CT molecular complexity index is 5760. The van der Waals surface area contributed by atoms with Crippen LogP contribution in [0.25, 0.3) is 0 Å². The molecule has 41 heteroatoms. The van der Waals surface area contributed by atoms with Crippen LogP contribution in [0, 0.1) is 58.2 Å². The number of benzene rings is 10. The third kappa shape index (κ3) is 52.4. The molecule has 0 aromatic heterocycles. The first-order valence-electron chi connectivity index (χ1n) is 47.5. The molecule has 148 heavy (non-hydrogen) atoms. The maximum absolute atomic E-state index is 13.6. The zero-order chi connectivity index (χ0) is 111. The Hall–Kier alpha value is -7.60. The lowest BCUT2D eigenvalue weighted by molar-refractivity contribution is -0.121. The number of alkyl carbamates (subject to hydrolysis) is 2. The largest absolute Gasteiger partial charge is 0.444 e. The summed E-state index contributed by atoms with van der Waals surface area (Å²) in [5.41, 5.74) is 19.7. The van der Waals surface area contributed by atoms with Crippen molar-refractivity contribution in [2.75, 3.05) is 32.7 Å². The summed E-state index contributed by atoms with van der Waals surface area (Å²) in [6.07, 6.45) is -0.767. The Morgan fingerprint density at radius 3 is 0.926 bits per heavy atom. The van der Waals surface area contributed by atoms with Crippen molar-refractivity contribution < 1.29 is 103 Å². The lowest BCUT2D eigenvalue weighted by Gasteiger charge is -2.31. The third-order valence-corrected chi connectivity index (χ3v) is 29.2. The summed E-state index contributed by atoms with van der Waals surface area (Å²) in [6, 6.07) is 42.1. The number of carbonyl (C=O) groups excluding carboxylic acids is 4. The molecule has 4 amide bonds. The van der Waals surface area contributed by atoms with Crippen molar-refractivity contribution in [1.82, 2.24) is 42.0 Å². The van der Waals surface area contributed by atoms with Gasteiger partial charge in [-0.2, -0.15) is 0 Å². The summed E-state index contributed by atoms with van der Waals surface area (Å²) in [5, 5.41) is 82.3. The Kier molecular flexibility index (Phi) is 58.8. The number of rotatable bonds is 42. The number of aliphatic hydroxyl groups is 5. The molecular weight excluding hydrogens is 2460 g/mol. The Labute approximate surface area is 928 Å². The number of aliphatic hydroxyl groups excluding tert-OH is 5. The first kappa shape index (κ1) is 131. The maximum Gasteiger partial charge on any atom is 0.407 e. The van der Waals surface area contributed by atoms with Gasteiger partial charge in [0.25, 0.3) is 0 Å². The number of amides is 4. The van der Waals surface area contributed by atoms with Crippen LogP contribution >= 0.6 is 127 Å². The fourth-order valence-corrected chi connectivity index (χ4v) is 17.5. The molecule has 10 aromatic carbocycles. The van der Waals surface area contributed by atoms with E-state index >= 15 is 0 Å². The van der Waals surface area contributed by atoms with E-state index in [0.717, 1.165) is 133 Å². The fourth-order valence-electron chi connectivity index (χ4n) is 14.8. The highest BCUT2D eigenvalue weighted by Crippen LogP contribution is 2.30. The SMILES string of the molecule is CC(=O)N[C@@H](Cc1cc(F)cc(F)c1)[C@H](O)CNCc1ccc(Br)c(Br)c1.CC(C)(C)OC(=O)N[C@@H](Cc1cc(F)cc(F)c1)[C@H](O)CN.CC(C)(C)OC(=O)N[C@@H](Cc1cc(F)cc(F)c1)[C@H](O)CNCc1ccc(Br)c(Br)c1.CCCc1ccc(CN(C[C@@H](O)[C@H](Cc2cc(F)cc(F)c2)NC(C)=O)B(C)O)cc1CCC.CCc1ccc(Br)c(Br)c1.N[C@@H](Cc1cc(F)cc(F)c1)[C@H](O)CNCc1ccc(Br)c(Br)c1. The highest BCUT2D eigenvalue weighted by Gasteiger charge is 2.31. The summed E-state index contributed by atoms with van der Waals surface area (Å²) in [5.74, 6) is -7.71. The number of hydrogen-bond donors (Lipinski definition) is 15. The van der Waals surface area contributed by atoms with Crippen LogP contribution in [0.4, 0.5) is 53.5 Å². The van der Waals surface area contributed by atoms with Crippen molar-refractivity contribution in [3.8, 4) is 0 Å². The van der Waals surface area contributed by atoms with Crippen LogP contribution in [0.1, 0.15) is 156 Å². The second-order valence-corrected chi connectivity index (χ2v) is 44.0. The van der Waals surface area contributed by atoms with E-state index in [1.165, 1.54) is 79.1 Å². The molecule has 0 aliphatic carbocycles. The average Bonchev–Trinajstić information content (AvgIpc) is 0.822. The first-order valence-corrected chi connectivity index (χ1v) is 53.9. The van der Waals surface area contributed by atoms with E-state index in [2.05, 4.69) is 216 Å². The smallest absolute Gasteiger partial charge is 0.407 e. The Balaban J connectivity index is 0.000000319. The van der Waals surface area contributed by atoms with Gasteiger partial charge in [0.1, 0.15) is 69.4 Å². The molecule has 0 heterocycles. The summed E-state index contributed by atoms with van der Waals surface area (Å²) in [4.78, 5) is 48.9. The van der Waals surface area contributed by atoms with Gasteiger partial charge in [-0.05, 0) is 403 Å². The Morgan fingerprint density at radius 1 is 0.358 bits per heavy atom. The predicted molar refractivity (Wildman–Crippen MR) is 589 cm³/mol.